The highest BCUT2D eigenvalue weighted by molar-refractivity contribution is 5.97. The zero-order valence-electron chi connectivity index (χ0n) is 15.4. The van der Waals surface area contributed by atoms with Crippen LogP contribution in [-0.4, -0.2) is 56.7 Å². The predicted octanol–water partition coefficient (Wildman–Crippen LogP) is 1.27. The highest BCUT2D eigenvalue weighted by atomic mass is 16.5. The molecule has 2 heterocycles. The summed E-state index contributed by atoms with van der Waals surface area (Å²) in [6.45, 7) is 2.31. The van der Waals surface area contributed by atoms with E-state index in [1.54, 1.807) is 19.1 Å². The summed E-state index contributed by atoms with van der Waals surface area (Å²) in [4.78, 5) is 26.2. The Kier molecular flexibility index (Phi) is 5.98. The number of fused-ring (bicyclic) bond motifs is 1. The SMILES string of the molecule is COc1cc2c(cc1OC)CN(C(=O)CC(=O)NCC1CCCO1)CC2. The van der Waals surface area contributed by atoms with Crippen molar-refractivity contribution in [2.75, 3.05) is 33.9 Å². The molecule has 0 aliphatic carbocycles. The molecule has 1 N–H and O–H groups in total. The van der Waals surface area contributed by atoms with Crippen molar-refractivity contribution in [3.63, 3.8) is 0 Å². The van der Waals surface area contributed by atoms with E-state index >= 15 is 0 Å². The van der Waals surface area contributed by atoms with Gasteiger partial charge in [-0.3, -0.25) is 9.59 Å². The Hall–Kier alpha value is -2.28. The van der Waals surface area contributed by atoms with Crippen molar-refractivity contribution >= 4 is 11.8 Å². The minimum absolute atomic E-state index is 0.0818. The van der Waals surface area contributed by atoms with Gasteiger partial charge in [0.05, 0.1) is 20.3 Å². The predicted molar refractivity (Wildman–Crippen MR) is 95.3 cm³/mol. The smallest absolute Gasteiger partial charge is 0.232 e. The Morgan fingerprint density at radius 1 is 1.23 bits per heavy atom. The summed E-state index contributed by atoms with van der Waals surface area (Å²) < 4.78 is 16.1. The van der Waals surface area contributed by atoms with Crippen molar-refractivity contribution in [2.45, 2.75) is 38.3 Å². The van der Waals surface area contributed by atoms with Crippen LogP contribution in [0.3, 0.4) is 0 Å². The molecule has 0 radical (unpaired) electrons. The second-order valence-electron chi connectivity index (χ2n) is 6.66. The fourth-order valence-electron chi connectivity index (χ4n) is 3.44. The third-order valence-electron chi connectivity index (χ3n) is 4.93. The lowest BCUT2D eigenvalue weighted by atomic mass is 9.98. The number of hydrogen-bond donors (Lipinski definition) is 1. The van der Waals surface area contributed by atoms with Crippen LogP contribution in [0, 0.1) is 0 Å². The van der Waals surface area contributed by atoms with Crippen LogP contribution in [0.5, 0.6) is 11.5 Å². The van der Waals surface area contributed by atoms with E-state index in [2.05, 4.69) is 5.32 Å². The van der Waals surface area contributed by atoms with Crippen LogP contribution in [0.15, 0.2) is 12.1 Å². The third kappa shape index (κ3) is 4.27. The van der Waals surface area contributed by atoms with Crippen molar-refractivity contribution in [2.24, 2.45) is 0 Å². The molecule has 2 amide bonds. The number of hydrogen-bond acceptors (Lipinski definition) is 5. The second kappa shape index (κ2) is 8.40. The molecule has 1 unspecified atom stereocenters. The minimum Gasteiger partial charge on any atom is -0.493 e. The van der Waals surface area contributed by atoms with Crippen LogP contribution in [0.2, 0.25) is 0 Å². The summed E-state index contributed by atoms with van der Waals surface area (Å²) in [5.74, 6) is 0.938. The molecule has 3 rings (SSSR count). The topological polar surface area (TPSA) is 77.1 Å². The van der Waals surface area contributed by atoms with E-state index in [4.69, 9.17) is 14.2 Å². The number of rotatable bonds is 6. The number of carbonyl (C=O) groups excluding carboxylic acids is 2. The minimum atomic E-state index is -0.247. The molecule has 2 aliphatic heterocycles. The van der Waals surface area contributed by atoms with Crippen LogP contribution in [-0.2, 0) is 27.3 Å². The van der Waals surface area contributed by atoms with E-state index in [0.717, 1.165) is 37.0 Å². The molecule has 26 heavy (non-hydrogen) atoms. The summed E-state index contributed by atoms with van der Waals surface area (Å²) in [7, 11) is 3.20. The molecule has 0 aromatic heterocycles. The maximum absolute atomic E-state index is 12.5. The fraction of sp³-hybridized carbons (Fsp3) is 0.579. The molecule has 142 valence electrons. The van der Waals surface area contributed by atoms with Crippen molar-refractivity contribution < 1.29 is 23.8 Å². The van der Waals surface area contributed by atoms with Gasteiger partial charge < -0.3 is 24.4 Å². The fourth-order valence-corrected chi connectivity index (χ4v) is 3.44. The van der Waals surface area contributed by atoms with Gasteiger partial charge in [-0.05, 0) is 42.5 Å². The molecule has 1 aromatic rings. The number of nitrogens with one attached hydrogen (secondary N) is 1. The highest BCUT2D eigenvalue weighted by Gasteiger charge is 2.24. The molecule has 1 aromatic carbocycles. The molecule has 7 heteroatoms. The lowest BCUT2D eigenvalue weighted by molar-refractivity contribution is -0.137. The van der Waals surface area contributed by atoms with Crippen LogP contribution < -0.4 is 14.8 Å². The largest absolute Gasteiger partial charge is 0.493 e. The van der Waals surface area contributed by atoms with Gasteiger partial charge in [0.25, 0.3) is 0 Å². The molecule has 1 saturated heterocycles. The van der Waals surface area contributed by atoms with Crippen LogP contribution in [0.1, 0.15) is 30.4 Å². The van der Waals surface area contributed by atoms with E-state index in [9.17, 15) is 9.59 Å². The van der Waals surface area contributed by atoms with Gasteiger partial charge in [-0.1, -0.05) is 0 Å². The summed E-state index contributed by atoms with van der Waals surface area (Å²) in [6.07, 6.45) is 2.68. The van der Waals surface area contributed by atoms with E-state index < -0.39 is 0 Å². The van der Waals surface area contributed by atoms with Gasteiger partial charge in [-0.2, -0.15) is 0 Å². The number of methoxy groups -OCH3 is 2. The van der Waals surface area contributed by atoms with E-state index in [1.165, 1.54) is 0 Å². The van der Waals surface area contributed by atoms with Gasteiger partial charge in [-0.25, -0.2) is 0 Å². The van der Waals surface area contributed by atoms with Crippen LogP contribution >= 0.6 is 0 Å². The number of benzene rings is 1. The van der Waals surface area contributed by atoms with Gasteiger partial charge >= 0.3 is 0 Å². The molecule has 2 aliphatic rings. The summed E-state index contributed by atoms with van der Waals surface area (Å²) in [6, 6.07) is 3.87. The third-order valence-corrected chi connectivity index (χ3v) is 4.93. The van der Waals surface area contributed by atoms with Crippen molar-refractivity contribution in [1.29, 1.82) is 0 Å². The Labute approximate surface area is 153 Å². The van der Waals surface area contributed by atoms with Crippen LogP contribution in [0.4, 0.5) is 0 Å². The van der Waals surface area contributed by atoms with Gasteiger partial charge in [-0.15, -0.1) is 0 Å². The van der Waals surface area contributed by atoms with Gasteiger partial charge in [0.2, 0.25) is 11.8 Å². The molecular formula is C19H26N2O5. The average molecular weight is 362 g/mol. The molecule has 0 bridgehead atoms. The summed E-state index contributed by atoms with van der Waals surface area (Å²) in [5, 5.41) is 2.80. The average Bonchev–Trinajstić information content (AvgIpc) is 3.18. The van der Waals surface area contributed by atoms with Gasteiger partial charge in [0.15, 0.2) is 11.5 Å². The molecule has 0 spiro atoms. The number of amides is 2. The Morgan fingerprint density at radius 3 is 2.62 bits per heavy atom. The molecule has 1 atom stereocenters. The van der Waals surface area contributed by atoms with E-state index in [1.807, 2.05) is 12.1 Å². The molecule has 1 fully saturated rings. The van der Waals surface area contributed by atoms with E-state index in [0.29, 0.717) is 31.1 Å². The quantitative estimate of drug-likeness (QED) is 0.772. The summed E-state index contributed by atoms with van der Waals surface area (Å²) in [5.41, 5.74) is 2.18. The lowest BCUT2D eigenvalue weighted by Gasteiger charge is -2.29. The monoisotopic (exact) mass is 362 g/mol. The maximum atomic E-state index is 12.5. The number of nitrogens with zero attached hydrogens (tertiary/aromatic N) is 1. The van der Waals surface area contributed by atoms with Gasteiger partial charge in [0, 0.05) is 26.2 Å². The number of ether oxygens (including phenoxy) is 3. The second-order valence-corrected chi connectivity index (χ2v) is 6.66. The maximum Gasteiger partial charge on any atom is 0.232 e. The highest BCUT2D eigenvalue weighted by Crippen LogP contribution is 2.33. The normalized spacial score (nSPS) is 19.0. The lowest BCUT2D eigenvalue weighted by Crippen LogP contribution is -2.40. The number of carbonyl (C=O) groups is 2. The van der Waals surface area contributed by atoms with Gasteiger partial charge in [0.1, 0.15) is 6.42 Å². The van der Waals surface area contributed by atoms with Crippen LogP contribution in [0.25, 0.3) is 0 Å². The van der Waals surface area contributed by atoms with E-state index in [-0.39, 0.29) is 24.3 Å². The first-order valence-electron chi connectivity index (χ1n) is 9.00. The van der Waals surface area contributed by atoms with Crippen molar-refractivity contribution in [1.82, 2.24) is 10.2 Å². The standard InChI is InChI=1S/C19H26N2O5/c1-24-16-8-13-5-6-21(12-14(13)9-17(16)25-2)19(23)10-18(22)20-11-15-4-3-7-26-15/h8-9,15H,3-7,10-12H2,1-2H3,(H,20,22). The molecular weight excluding hydrogens is 336 g/mol. The Bertz CT molecular complexity index is 670. The van der Waals surface area contributed by atoms with Crippen molar-refractivity contribution in [3.05, 3.63) is 23.3 Å². The molecule has 0 saturated carbocycles. The molecule has 7 nitrogen and oxygen atoms in total. The Morgan fingerprint density at radius 2 is 1.96 bits per heavy atom. The zero-order valence-corrected chi connectivity index (χ0v) is 15.4. The first kappa shape index (κ1) is 18.5. The van der Waals surface area contributed by atoms with Crippen molar-refractivity contribution in [3.8, 4) is 11.5 Å². The Balaban J connectivity index is 1.55. The zero-order chi connectivity index (χ0) is 18.5. The first-order chi connectivity index (χ1) is 12.6. The first-order valence-corrected chi connectivity index (χ1v) is 9.00. The summed E-state index contributed by atoms with van der Waals surface area (Å²) >= 11 is 0.